The summed E-state index contributed by atoms with van der Waals surface area (Å²) >= 11 is 5.82. The van der Waals surface area contributed by atoms with Gasteiger partial charge in [0.05, 0.1) is 5.41 Å². The fourth-order valence-corrected chi connectivity index (χ4v) is 2.81. The number of carboxylic acid groups (broad SMARTS) is 1. The van der Waals surface area contributed by atoms with Gasteiger partial charge in [0.1, 0.15) is 5.69 Å². The molecule has 1 amide bonds. The second kappa shape index (κ2) is 6.43. The van der Waals surface area contributed by atoms with Crippen LogP contribution in [0, 0.1) is 11.3 Å². The van der Waals surface area contributed by atoms with Gasteiger partial charge < -0.3 is 10.4 Å². The van der Waals surface area contributed by atoms with E-state index < -0.39 is 17.3 Å². The summed E-state index contributed by atoms with van der Waals surface area (Å²) < 4.78 is 0. The molecule has 1 aliphatic carbocycles. The average molecular weight is 311 g/mol. The van der Waals surface area contributed by atoms with Crippen molar-refractivity contribution in [3.63, 3.8) is 0 Å². The minimum Gasteiger partial charge on any atom is -0.481 e. The van der Waals surface area contributed by atoms with Gasteiger partial charge in [-0.3, -0.25) is 14.6 Å². The summed E-state index contributed by atoms with van der Waals surface area (Å²) in [5, 5.41) is 12.6. The number of carbonyl (C=O) groups is 2. The van der Waals surface area contributed by atoms with Crippen molar-refractivity contribution >= 4 is 23.5 Å². The van der Waals surface area contributed by atoms with Crippen molar-refractivity contribution in [1.82, 2.24) is 10.3 Å². The quantitative estimate of drug-likeness (QED) is 0.896. The summed E-state index contributed by atoms with van der Waals surface area (Å²) in [5.41, 5.74) is -0.659. The van der Waals surface area contributed by atoms with E-state index in [9.17, 15) is 14.7 Å². The lowest BCUT2D eigenvalue weighted by Crippen LogP contribution is -2.45. The minimum absolute atomic E-state index is 0.127. The summed E-state index contributed by atoms with van der Waals surface area (Å²) in [6.07, 6.45) is 4.38. The first kappa shape index (κ1) is 15.8. The maximum Gasteiger partial charge on any atom is 0.311 e. The number of pyridine rings is 1. The third-order valence-electron chi connectivity index (χ3n) is 4.23. The second-order valence-electron chi connectivity index (χ2n) is 5.81. The lowest BCUT2D eigenvalue weighted by atomic mass is 9.71. The fraction of sp³-hybridized carbons (Fsp3) is 0.533. The Morgan fingerprint density at radius 1 is 1.48 bits per heavy atom. The zero-order valence-electron chi connectivity index (χ0n) is 11.9. The third-order valence-corrected chi connectivity index (χ3v) is 4.46. The highest BCUT2D eigenvalue weighted by molar-refractivity contribution is 6.30. The molecule has 1 heterocycles. The van der Waals surface area contributed by atoms with Crippen LogP contribution in [0.25, 0.3) is 0 Å². The maximum atomic E-state index is 12.0. The van der Waals surface area contributed by atoms with Gasteiger partial charge in [0, 0.05) is 17.8 Å². The fourth-order valence-electron chi connectivity index (χ4n) is 2.65. The monoisotopic (exact) mass is 310 g/mol. The molecule has 1 fully saturated rings. The van der Waals surface area contributed by atoms with E-state index in [2.05, 4.69) is 17.2 Å². The van der Waals surface area contributed by atoms with Crippen LogP contribution in [0.4, 0.5) is 0 Å². The molecule has 5 nitrogen and oxygen atoms in total. The van der Waals surface area contributed by atoms with Crippen LogP contribution in [0.15, 0.2) is 18.3 Å². The first-order valence-corrected chi connectivity index (χ1v) is 7.44. The lowest BCUT2D eigenvalue weighted by Gasteiger charge is -2.35. The Bertz CT molecular complexity index is 539. The molecule has 1 aromatic heterocycles. The molecule has 0 radical (unpaired) electrons. The molecule has 0 atom stereocenters. The number of rotatable bonds is 4. The van der Waals surface area contributed by atoms with Gasteiger partial charge in [0.15, 0.2) is 0 Å². The van der Waals surface area contributed by atoms with E-state index in [1.807, 2.05) is 0 Å². The van der Waals surface area contributed by atoms with Crippen LogP contribution in [-0.2, 0) is 4.79 Å². The number of carbonyl (C=O) groups excluding carboxylic acids is 1. The Kier molecular flexibility index (Phi) is 4.83. The molecule has 21 heavy (non-hydrogen) atoms. The smallest absolute Gasteiger partial charge is 0.311 e. The number of nitrogens with zero attached hydrogens (tertiary/aromatic N) is 1. The number of nitrogens with one attached hydrogen (secondary N) is 1. The van der Waals surface area contributed by atoms with Crippen molar-refractivity contribution in [3.8, 4) is 0 Å². The lowest BCUT2D eigenvalue weighted by molar-refractivity contribution is -0.151. The van der Waals surface area contributed by atoms with Crippen molar-refractivity contribution in [2.75, 3.05) is 6.54 Å². The summed E-state index contributed by atoms with van der Waals surface area (Å²) in [5.74, 6) is -0.687. The number of halogens is 1. The molecule has 2 rings (SSSR count). The number of hydrogen-bond acceptors (Lipinski definition) is 3. The van der Waals surface area contributed by atoms with E-state index in [-0.39, 0.29) is 12.2 Å². The van der Waals surface area contributed by atoms with Crippen molar-refractivity contribution in [3.05, 3.63) is 29.0 Å². The number of aliphatic carboxylic acids is 1. The van der Waals surface area contributed by atoms with Crippen molar-refractivity contribution in [2.24, 2.45) is 11.3 Å². The summed E-state index contributed by atoms with van der Waals surface area (Å²) in [6, 6.07) is 3.05. The highest BCUT2D eigenvalue weighted by atomic mass is 35.5. The molecule has 0 aliphatic heterocycles. The summed E-state index contributed by atoms with van der Waals surface area (Å²) in [6.45, 7) is 2.25. The van der Waals surface area contributed by atoms with E-state index >= 15 is 0 Å². The minimum atomic E-state index is -0.860. The van der Waals surface area contributed by atoms with Crippen LogP contribution in [0.5, 0.6) is 0 Å². The predicted octanol–water partition coefficient (Wildman–Crippen LogP) is 2.75. The van der Waals surface area contributed by atoms with Crippen molar-refractivity contribution in [2.45, 2.75) is 32.6 Å². The molecule has 1 aromatic rings. The van der Waals surface area contributed by atoms with E-state index in [0.29, 0.717) is 23.8 Å². The van der Waals surface area contributed by atoms with Gasteiger partial charge >= 0.3 is 5.97 Å². The molecule has 2 N–H and O–H groups in total. The van der Waals surface area contributed by atoms with Crippen LogP contribution in [0.2, 0.25) is 5.02 Å². The molecule has 6 heteroatoms. The van der Waals surface area contributed by atoms with Crippen LogP contribution in [0.3, 0.4) is 0 Å². The van der Waals surface area contributed by atoms with Crippen molar-refractivity contribution < 1.29 is 14.7 Å². The van der Waals surface area contributed by atoms with Gasteiger partial charge in [-0.25, -0.2) is 0 Å². The van der Waals surface area contributed by atoms with Gasteiger partial charge in [-0.05, 0) is 43.7 Å². The standard InChI is InChI=1S/C15H19ClN2O3/c1-10-2-5-15(6-3-10,14(20)21)9-18-13(19)12-8-11(16)4-7-17-12/h4,7-8,10H,2-3,5-6,9H2,1H3,(H,18,19)(H,20,21). The van der Waals surface area contributed by atoms with Gasteiger partial charge in [-0.2, -0.15) is 0 Å². The molecule has 0 spiro atoms. The highest BCUT2D eigenvalue weighted by Crippen LogP contribution is 2.38. The van der Waals surface area contributed by atoms with E-state index in [4.69, 9.17) is 11.6 Å². The Hall–Kier alpha value is -1.62. The molecule has 0 unspecified atom stereocenters. The SMILES string of the molecule is CC1CCC(CNC(=O)c2cc(Cl)ccn2)(C(=O)O)CC1. The summed E-state index contributed by atoms with van der Waals surface area (Å²) in [7, 11) is 0. The first-order chi connectivity index (χ1) is 9.93. The molecule has 1 saturated carbocycles. The average Bonchev–Trinajstić information content (AvgIpc) is 2.46. The summed E-state index contributed by atoms with van der Waals surface area (Å²) in [4.78, 5) is 27.6. The zero-order chi connectivity index (χ0) is 15.5. The predicted molar refractivity (Wildman–Crippen MR) is 79.3 cm³/mol. The third kappa shape index (κ3) is 3.73. The molecule has 114 valence electrons. The number of amides is 1. The van der Waals surface area contributed by atoms with E-state index in [1.165, 1.54) is 12.3 Å². The maximum absolute atomic E-state index is 12.0. The van der Waals surface area contributed by atoms with Crippen LogP contribution in [0.1, 0.15) is 43.1 Å². The largest absolute Gasteiger partial charge is 0.481 e. The first-order valence-electron chi connectivity index (χ1n) is 7.06. The Morgan fingerprint density at radius 3 is 2.71 bits per heavy atom. The van der Waals surface area contributed by atoms with Gasteiger partial charge in [0.2, 0.25) is 0 Å². The molecule has 0 aromatic carbocycles. The van der Waals surface area contributed by atoms with Crippen LogP contribution >= 0.6 is 11.6 Å². The molecular formula is C15H19ClN2O3. The van der Waals surface area contributed by atoms with Crippen LogP contribution in [-0.4, -0.2) is 28.5 Å². The molecule has 0 bridgehead atoms. The van der Waals surface area contributed by atoms with Crippen molar-refractivity contribution in [1.29, 1.82) is 0 Å². The number of carboxylic acids is 1. The number of hydrogen-bond donors (Lipinski definition) is 2. The van der Waals surface area contributed by atoms with Gasteiger partial charge in [0.25, 0.3) is 5.91 Å². The van der Waals surface area contributed by atoms with E-state index in [0.717, 1.165) is 12.8 Å². The van der Waals surface area contributed by atoms with Gasteiger partial charge in [-0.15, -0.1) is 0 Å². The molecule has 1 aliphatic rings. The number of aromatic nitrogens is 1. The van der Waals surface area contributed by atoms with E-state index in [1.54, 1.807) is 6.07 Å². The topological polar surface area (TPSA) is 79.3 Å². The van der Waals surface area contributed by atoms with Crippen LogP contribution < -0.4 is 5.32 Å². The zero-order valence-corrected chi connectivity index (χ0v) is 12.7. The molecular weight excluding hydrogens is 292 g/mol. The Balaban J connectivity index is 2.02. The Morgan fingerprint density at radius 2 is 2.14 bits per heavy atom. The second-order valence-corrected chi connectivity index (χ2v) is 6.25. The van der Waals surface area contributed by atoms with Gasteiger partial charge in [-0.1, -0.05) is 18.5 Å². The highest BCUT2D eigenvalue weighted by Gasteiger charge is 2.41. The normalized spacial score (nSPS) is 25.3. The molecule has 0 saturated heterocycles. The Labute approximate surface area is 128 Å².